The Kier molecular flexibility index (Phi) is 9.36. The first-order valence-corrected chi connectivity index (χ1v) is 11.5. The van der Waals surface area contributed by atoms with Crippen LogP contribution >= 0.6 is 0 Å². The van der Waals surface area contributed by atoms with Crippen LogP contribution in [0.3, 0.4) is 0 Å². The standard InChI is InChI=1S/C22H48N4/c1-25(2)19-15-23(16-20-25)13-11-9-7-5-6-8-10-12-14-24-17-21-26(3,4)22-18-24/h5-22H2,1-4H3/q+2. The highest BCUT2D eigenvalue weighted by Gasteiger charge is 2.24. The molecular weight excluding hydrogens is 320 g/mol. The molecule has 26 heavy (non-hydrogen) atoms. The normalized spacial score (nSPS) is 24.0. The van der Waals surface area contributed by atoms with Crippen molar-refractivity contribution in [2.45, 2.75) is 51.4 Å². The van der Waals surface area contributed by atoms with Crippen molar-refractivity contribution in [3.63, 3.8) is 0 Å². The summed E-state index contributed by atoms with van der Waals surface area (Å²) in [4.78, 5) is 5.37. The smallest absolute Gasteiger partial charge is 0.0912 e. The van der Waals surface area contributed by atoms with E-state index in [1.165, 1.54) is 126 Å². The van der Waals surface area contributed by atoms with E-state index in [9.17, 15) is 0 Å². The molecule has 0 aromatic heterocycles. The lowest BCUT2D eigenvalue weighted by molar-refractivity contribution is -0.894. The maximum atomic E-state index is 2.68. The van der Waals surface area contributed by atoms with Gasteiger partial charge in [0, 0.05) is 26.2 Å². The van der Waals surface area contributed by atoms with Crippen molar-refractivity contribution in [1.82, 2.24) is 9.80 Å². The van der Waals surface area contributed by atoms with Crippen LogP contribution in [0.2, 0.25) is 0 Å². The second kappa shape index (κ2) is 11.0. The van der Waals surface area contributed by atoms with Gasteiger partial charge in [-0.05, 0) is 25.9 Å². The molecule has 2 heterocycles. The molecule has 2 aliphatic heterocycles. The van der Waals surface area contributed by atoms with Gasteiger partial charge in [0.25, 0.3) is 0 Å². The summed E-state index contributed by atoms with van der Waals surface area (Å²) in [5, 5.41) is 0. The van der Waals surface area contributed by atoms with Crippen LogP contribution in [0, 0.1) is 0 Å². The largest absolute Gasteiger partial charge is 0.326 e. The highest BCUT2D eigenvalue weighted by molar-refractivity contribution is 4.63. The molecule has 0 aromatic rings. The fourth-order valence-electron chi connectivity index (χ4n) is 4.27. The predicted octanol–water partition coefficient (Wildman–Crippen LogP) is 2.89. The third kappa shape index (κ3) is 9.16. The summed E-state index contributed by atoms with van der Waals surface area (Å²) in [7, 11) is 9.46. The lowest BCUT2D eigenvalue weighted by Gasteiger charge is -2.39. The summed E-state index contributed by atoms with van der Waals surface area (Å²) >= 11 is 0. The zero-order chi connectivity index (χ0) is 18.9. The summed E-state index contributed by atoms with van der Waals surface area (Å²) in [6, 6.07) is 0. The van der Waals surface area contributed by atoms with E-state index in [4.69, 9.17) is 0 Å². The van der Waals surface area contributed by atoms with Crippen molar-refractivity contribution in [3.8, 4) is 0 Å². The number of hydrogen-bond donors (Lipinski definition) is 0. The molecule has 4 nitrogen and oxygen atoms in total. The summed E-state index contributed by atoms with van der Waals surface area (Å²) in [6.45, 7) is 13.2. The Bertz CT molecular complexity index is 324. The van der Waals surface area contributed by atoms with Crippen LogP contribution in [-0.4, -0.2) is 112 Å². The first kappa shape index (κ1) is 22.1. The average molecular weight is 369 g/mol. The average Bonchev–Trinajstić information content (AvgIpc) is 2.59. The molecule has 2 rings (SSSR count). The molecule has 0 radical (unpaired) electrons. The molecule has 0 aromatic carbocycles. The minimum Gasteiger partial charge on any atom is -0.326 e. The van der Waals surface area contributed by atoms with E-state index in [1.807, 2.05) is 0 Å². The Morgan fingerprint density at radius 1 is 0.462 bits per heavy atom. The fourth-order valence-corrected chi connectivity index (χ4v) is 4.27. The highest BCUT2D eigenvalue weighted by Crippen LogP contribution is 2.12. The second-order valence-electron chi connectivity index (χ2n) is 10.3. The Balaban J connectivity index is 1.32. The van der Waals surface area contributed by atoms with Crippen LogP contribution in [0.25, 0.3) is 0 Å². The first-order chi connectivity index (χ1) is 12.4. The Morgan fingerprint density at radius 2 is 0.731 bits per heavy atom. The van der Waals surface area contributed by atoms with Crippen molar-refractivity contribution in [1.29, 1.82) is 0 Å². The number of rotatable bonds is 11. The van der Waals surface area contributed by atoms with Crippen LogP contribution in [0.15, 0.2) is 0 Å². The van der Waals surface area contributed by atoms with Crippen molar-refractivity contribution >= 4 is 0 Å². The van der Waals surface area contributed by atoms with E-state index >= 15 is 0 Å². The van der Waals surface area contributed by atoms with E-state index < -0.39 is 0 Å². The maximum absolute atomic E-state index is 2.68. The zero-order valence-corrected chi connectivity index (χ0v) is 18.5. The molecule has 0 unspecified atom stereocenters. The van der Waals surface area contributed by atoms with Gasteiger partial charge in [0.2, 0.25) is 0 Å². The third-order valence-electron chi connectivity index (χ3n) is 6.78. The molecule has 154 valence electrons. The number of unbranched alkanes of at least 4 members (excludes halogenated alkanes) is 7. The SMILES string of the molecule is C[N+]1(C)CCN(CCCCCCCCCCN2CC[N+](C)(C)CC2)CC1. The monoisotopic (exact) mass is 368 g/mol. The summed E-state index contributed by atoms with van der Waals surface area (Å²) in [5.74, 6) is 0. The van der Waals surface area contributed by atoms with Crippen LogP contribution in [-0.2, 0) is 0 Å². The summed E-state index contributed by atoms with van der Waals surface area (Å²) in [5.41, 5.74) is 0. The number of hydrogen-bond acceptors (Lipinski definition) is 2. The van der Waals surface area contributed by atoms with Gasteiger partial charge in [-0.15, -0.1) is 0 Å². The van der Waals surface area contributed by atoms with Gasteiger partial charge in [0.05, 0.1) is 54.4 Å². The molecule has 0 N–H and O–H groups in total. The zero-order valence-electron chi connectivity index (χ0n) is 18.5. The maximum Gasteiger partial charge on any atom is 0.0912 e. The number of piperazine rings is 2. The van der Waals surface area contributed by atoms with Gasteiger partial charge in [0.15, 0.2) is 0 Å². The van der Waals surface area contributed by atoms with E-state index in [1.54, 1.807) is 0 Å². The van der Waals surface area contributed by atoms with Crippen LogP contribution < -0.4 is 0 Å². The number of likely N-dealkylation sites (N-methyl/N-ethyl adjacent to an activating group) is 2. The van der Waals surface area contributed by atoms with E-state index in [2.05, 4.69) is 38.0 Å². The van der Waals surface area contributed by atoms with Gasteiger partial charge in [-0.25, -0.2) is 0 Å². The van der Waals surface area contributed by atoms with E-state index in [-0.39, 0.29) is 0 Å². The van der Waals surface area contributed by atoms with Crippen molar-refractivity contribution in [3.05, 3.63) is 0 Å². The lowest BCUT2D eigenvalue weighted by atomic mass is 10.1. The van der Waals surface area contributed by atoms with Gasteiger partial charge >= 0.3 is 0 Å². The topological polar surface area (TPSA) is 6.48 Å². The summed E-state index contributed by atoms with van der Waals surface area (Å²) in [6.07, 6.45) is 11.5. The molecule has 2 fully saturated rings. The molecular formula is C22H48N4+2. The van der Waals surface area contributed by atoms with E-state index in [0.717, 1.165) is 0 Å². The van der Waals surface area contributed by atoms with Gasteiger partial charge < -0.3 is 8.97 Å². The van der Waals surface area contributed by atoms with Crippen molar-refractivity contribution in [2.75, 3.05) is 93.6 Å². The molecule has 0 spiro atoms. The quantitative estimate of drug-likeness (QED) is 0.409. The number of nitrogens with zero attached hydrogens (tertiary/aromatic N) is 4. The molecule has 0 atom stereocenters. The molecule has 0 amide bonds. The van der Waals surface area contributed by atoms with Gasteiger partial charge in [-0.1, -0.05) is 38.5 Å². The number of quaternary nitrogens is 2. The minimum atomic E-state index is 1.21. The highest BCUT2D eigenvalue weighted by atomic mass is 15.4. The molecule has 0 saturated carbocycles. The predicted molar refractivity (Wildman–Crippen MR) is 114 cm³/mol. The lowest BCUT2D eigenvalue weighted by Crippen LogP contribution is -2.54. The van der Waals surface area contributed by atoms with Crippen LogP contribution in [0.4, 0.5) is 0 Å². The molecule has 0 aliphatic carbocycles. The Morgan fingerprint density at radius 3 is 1.04 bits per heavy atom. The van der Waals surface area contributed by atoms with Crippen LogP contribution in [0.5, 0.6) is 0 Å². The van der Waals surface area contributed by atoms with Crippen molar-refractivity contribution in [2.24, 2.45) is 0 Å². The molecule has 2 saturated heterocycles. The minimum absolute atomic E-state index is 1.21. The molecule has 2 aliphatic rings. The Labute approximate surface area is 164 Å². The van der Waals surface area contributed by atoms with E-state index in [0.29, 0.717) is 0 Å². The molecule has 0 bridgehead atoms. The fraction of sp³-hybridized carbons (Fsp3) is 1.00. The third-order valence-corrected chi connectivity index (χ3v) is 6.78. The Hall–Kier alpha value is -0.160. The van der Waals surface area contributed by atoms with Crippen molar-refractivity contribution < 1.29 is 8.97 Å². The van der Waals surface area contributed by atoms with Crippen LogP contribution in [0.1, 0.15) is 51.4 Å². The van der Waals surface area contributed by atoms with Gasteiger partial charge in [-0.2, -0.15) is 0 Å². The summed E-state index contributed by atoms with van der Waals surface area (Å²) < 4.78 is 2.43. The first-order valence-electron chi connectivity index (χ1n) is 11.5. The second-order valence-corrected chi connectivity index (χ2v) is 10.3. The van der Waals surface area contributed by atoms with Gasteiger partial charge in [-0.3, -0.25) is 9.80 Å². The van der Waals surface area contributed by atoms with Gasteiger partial charge in [0.1, 0.15) is 0 Å². The molecule has 4 heteroatoms.